The minimum atomic E-state index is 0.370. The van der Waals surface area contributed by atoms with Gasteiger partial charge in [-0.2, -0.15) is 5.10 Å². The van der Waals surface area contributed by atoms with Gasteiger partial charge in [0.2, 0.25) is 0 Å². The van der Waals surface area contributed by atoms with E-state index in [4.69, 9.17) is 5.10 Å². The van der Waals surface area contributed by atoms with Crippen molar-refractivity contribution in [3.05, 3.63) is 89.0 Å². The largest absolute Gasteiger partial charge is 0.305 e. The molecule has 1 aliphatic rings. The fourth-order valence-corrected chi connectivity index (χ4v) is 4.25. The molecular weight excluding hydrogens is 356 g/mol. The molecule has 0 saturated carbocycles. The van der Waals surface area contributed by atoms with Crippen molar-refractivity contribution in [3.63, 3.8) is 0 Å². The Morgan fingerprint density at radius 1 is 1.07 bits per heavy atom. The number of aryl methyl sites for hydroxylation is 1. The zero-order valence-corrected chi connectivity index (χ0v) is 17.8. The summed E-state index contributed by atoms with van der Waals surface area (Å²) in [6.07, 6.45) is 7.53. The molecule has 29 heavy (non-hydrogen) atoms. The molecule has 4 nitrogen and oxygen atoms in total. The first kappa shape index (κ1) is 19.6. The molecule has 3 aromatic rings. The maximum Gasteiger partial charge on any atom is 0.0649 e. The molecule has 0 radical (unpaired) electrons. The second-order valence-electron chi connectivity index (χ2n) is 8.28. The smallest absolute Gasteiger partial charge is 0.0649 e. The van der Waals surface area contributed by atoms with E-state index in [0.29, 0.717) is 17.9 Å². The highest BCUT2D eigenvalue weighted by Crippen LogP contribution is 2.34. The van der Waals surface area contributed by atoms with E-state index in [1.807, 2.05) is 18.3 Å². The molecule has 0 aliphatic heterocycles. The highest BCUT2D eigenvalue weighted by atomic mass is 15.3. The second kappa shape index (κ2) is 8.34. The summed E-state index contributed by atoms with van der Waals surface area (Å²) in [5.74, 6) is 0.944. The fraction of sp³-hybridized carbons (Fsp3) is 0.360. The van der Waals surface area contributed by atoms with E-state index >= 15 is 0 Å². The summed E-state index contributed by atoms with van der Waals surface area (Å²) >= 11 is 0. The lowest BCUT2D eigenvalue weighted by Gasteiger charge is -2.15. The quantitative estimate of drug-likeness (QED) is 0.592. The van der Waals surface area contributed by atoms with E-state index < -0.39 is 0 Å². The maximum absolute atomic E-state index is 4.87. The van der Waals surface area contributed by atoms with E-state index in [9.17, 15) is 0 Å². The molecule has 2 heterocycles. The van der Waals surface area contributed by atoms with Gasteiger partial charge in [0, 0.05) is 36.0 Å². The average molecular weight is 387 g/mol. The molecule has 0 fully saturated rings. The summed E-state index contributed by atoms with van der Waals surface area (Å²) in [6.45, 7) is 9.56. The Morgan fingerprint density at radius 3 is 2.55 bits per heavy atom. The molecule has 0 unspecified atom stereocenters. The van der Waals surface area contributed by atoms with E-state index in [1.165, 1.54) is 16.8 Å². The predicted octanol–water partition coefficient (Wildman–Crippen LogP) is 5.21. The summed E-state index contributed by atoms with van der Waals surface area (Å²) in [4.78, 5) is 4.40. The van der Waals surface area contributed by atoms with Crippen LogP contribution in [0.25, 0.3) is 5.69 Å². The predicted molar refractivity (Wildman–Crippen MR) is 118 cm³/mol. The topological polar surface area (TPSA) is 42.7 Å². The van der Waals surface area contributed by atoms with Gasteiger partial charge in [-0.3, -0.25) is 4.98 Å². The number of pyridine rings is 1. The number of hydrogen-bond acceptors (Lipinski definition) is 3. The molecule has 0 spiro atoms. The third kappa shape index (κ3) is 4.18. The third-order valence-electron chi connectivity index (χ3n) is 5.88. The molecule has 0 amide bonds. The van der Waals surface area contributed by atoms with Gasteiger partial charge in [0.25, 0.3) is 0 Å². The van der Waals surface area contributed by atoms with Crippen LogP contribution in [0.5, 0.6) is 0 Å². The van der Waals surface area contributed by atoms with E-state index in [0.717, 1.165) is 30.0 Å². The van der Waals surface area contributed by atoms with Crippen LogP contribution >= 0.6 is 0 Å². The van der Waals surface area contributed by atoms with Crippen molar-refractivity contribution in [3.8, 4) is 5.69 Å². The Bertz CT molecular complexity index is 984. The first-order valence-electron chi connectivity index (χ1n) is 10.5. The summed E-state index contributed by atoms with van der Waals surface area (Å²) in [6, 6.07) is 15.2. The van der Waals surface area contributed by atoms with Crippen molar-refractivity contribution < 1.29 is 0 Å². The van der Waals surface area contributed by atoms with Gasteiger partial charge in [0.05, 0.1) is 17.1 Å². The molecule has 150 valence electrons. The van der Waals surface area contributed by atoms with E-state index in [2.05, 4.69) is 85.2 Å². The number of allylic oxidation sites excluding steroid dienone is 1. The summed E-state index contributed by atoms with van der Waals surface area (Å²) in [5, 5.41) is 8.49. The number of benzene rings is 1. The van der Waals surface area contributed by atoms with Crippen molar-refractivity contribution >= 4 is 0 Å². The van der Waals surface area contributed by atoms with Crippen LogP contribution < -0.4 is 5.32 Å². The van der Waals surface area contributed by atoms with E-state index in [-0.39, 0.29) is 0 Å². The molecule has 4 rings (SSSR count). The Labute approximate surface area is 173 Å². The lowest BCUT2D eigenvalue weighted by atomic mass is 9.96. The van der Waals surface area contributed by atoms with Crippen molar-refractivity contribution in [1.29, 1.82) is 0 Å². The fourth-order valence-electron chi connectivity index (χ4n) is 4.25. The number of hydrogen-bond donors (Lipinski definition) is 1. The lowest BCUT2D eigenvalue weighted by Crippen LogP contribution is -2.25. The first-order valence-corrected chi connectivity index (χ1v) is 10.5. The number of rotatable bonds is 6. The molecule has 0 saturated heterocycles. The Balaban J connectivity index is 1.48. The van der Waals surface area contributed by atoms with Gasteiger partial charge in [-0.05, 0) is 56.0 Å². The highest BCUT2D eigenvalue weighted by molar-refractivity contribution is 5.42. The first-order chi connectivity index (χ1) is 14.0. The van der Waals surface area contributed by atoms with Gasteiger partial charge < -0.3 is 5.32 Å². The van der Waals surface area contributed by atoms with Crippen LogP contribution in [-0.2, 0) is 6.54 Å². The van der Waals surface area contributed by atoms with Crippen LogP contribution in [0.1, 0.15) is 60.3 Å². The Hall–Kier alpha value is -2.72. The normalized spacial score (nSPS) is 18.7. The Morgan fingerprint density at radius 2 is 1.86 bits per heavy atom. The third-order valence-corrected chi connectivity index (χ3v) is 5.88. The SMILES string of the molecule is Cc1nn(-c2ccc(C(C)C)cc2)c(C)c1[C@H]1C=C[C@@H](NCc2ccccn2)C1. The summed E-state index contributed by atoms with van der Waals surface area (Å²) < 4.78 is 2.09. The number of nitrogens with zero attached hydrogens (tertiary/aromatic N) is 3. The standard InChI is InChI=1S/C25H30N4/c1-17(2)20-9-12-24(13-10-20)29-19(4)25(18(3)28-29)21-8-11-22(15-21)27-16-23-7-5-6-14-26-23/h5-14,17,21-22,27H,15-16H2,1-4H3/t21-,22+/m0/s1. The lowest BCUT2D eigenvalue weighted by molar-refractivity contribution is 0.554. The zero-order chi connectivity index (χ0) is 20.4. The van der Waals surface area contributed by atoms with Gasteiger partial charge in [0.15, 0.2) is 0 Å². The van der Waals surface area contributed by atoms with Gasteiger partial charge in [-0.1, -0.05) is 44.2 Å². The second-order valence-corrected chi connectivity index (χ2v) is 8.28. The van der Waals surface area contributed by atoms with Crippen LogP contribution in [0.2, 0.25) is 0 Å². The molecule has 4 heteroatoms. The molecular formula is C25H30N4. The molecule has 0 bridgehead atoms. The van der Waals surface area contributed by atoms with Crippen LogP contribution in [0.3, 0.4) is 0 Å². The molecule has 1 aliphatic carbocycles. The van der Waals surface area contributed by atoms with E-state index in [1.54, 1.807) is 0 Å². The van der Waals surface area contributed by atoms with Crippen molar-refractivity contribution in [1.82, 2.24) is 20.1 Å². The minimum Gasteiger partial charge on any atom is -0.305 e. The minimum absolute atomic E-state index is 0.370. The van der Waals surface area contributed by atoms with Crippen LogP contribution in [0.4, 0.5) is 0 Å². The summed E-state index contributed by atoms with van der Waals surface area (Å²) in [7, 11) is 0. The molecule has 1 aromatic carbocycles. The van der Waals surface area contributed by atoms with Crippen molar-refractivity contribution in [2.45, 2.75) is 58.5 Å². The Kier molecular flexibility index (Phi) is 5.63. The van der Waals surface area contributed by atoms with Crippen LogP contribution in [0.15, 0.2) is 60.8 Å². The van der Waals surface area contributed by atoms with Gasteiger partial charge in [-0.25, -0.2) is 4.68 Å². The van der Waals surface area contributed by atoms with Gasteiger partial charge >= 0.3 is 0 Å². The average Bonchev–Trinajstić information content (AvgIpc) is 3.31. The van der Waals surface area contributed by atoms with Crippen LogP contribution in [0, 0.1) is 13.8 Å². The van der Waals surface area contributed by atoms with Crippen LogP contribution in [-0.4, -0.2) is 20.8 Å². The monoisotopic (exact) mass is 386 g/mol. The van der Waals surface area contributed by atoms with Crippen molar-refractivity contribution in [2.75, 3.05) is 0 Å². The zero-order valence-electron chi connectivity index (χ0n) is 17.8. The molecule has 1 N–H and O–H groups in total. The number of aromatic nitrogens is 3. The maximum atomic E-state index is 4.87. The molecule has 2 atom stereocenters. The van der Waals surface area contributed by atoms with Crippen molar-refractivity contribution in [2.24, 2.45) is 0 Å². The number of nitrogens with one attached hydrogen (secondary N) is 1. The highest BCUT2D eigenvalue weighted by Gasteiger charge is 2.26. The van der Waals surface area contributed by atoms with Gasteiger partial charge in [-0.15, -0.1) is 0 Å². The van der Waals surface area contributed by atoms with Gasteiger partial charge in [0.1, 0.15) is 0 Å². The molecule has 2 aromatic heterocycles. The summed E-state index contributed by atoms with van der Waals surface area (Å²) in [5.41, 5.74) is 7.28.